The van der Waals surface area contributed by atoms with Gasteiger partial charge in [-0.1, -0.05) is 0 Å². The van der Waals surface area contributed by atoms with E-state index in [2.05, 4.69) is 15.9 Å². The third kappa shape index (κ3) is 3.12. The third-order valence-electron chi connectivity index (χ3n) is 3.13. The minimum atomic E-state index is -0.482. The van der Waals surface area contributed by atoms with E-state index < -0.39 is 5.82 Å². The van der Waals surface area contributed by atoms with E-state index in [0.29, 0.717) is 17.6 Å². The summed E-state index contributed by atoms with van der Waals surface area (Å²) in [5, 5.41) is 0. The smallest absolute Gasteiger partial charge is 0.254 e. The van der Waals surface area contributed by atoms with E-state index >= 15 is 0 Å². The number of nitrogens with zero attached hydrogens (tertiary/aromatic N) is 2. The summed E-state index contributed by atoms with van der Waals surface area (Å²) < 4.78 is 13.7. The lowest BCUT2D eigenvalue weighted by Gasteiger charge is -2.19. The number of benzene rings is 1. The van der Waals surface area contributed by atoms with Crippen molar-refractivity contribution in [3.63, 3.8) is 0 Å². The molecule has 0 saturated carbocycles. The van der Waals surface area contributed by atoms with Gasteiger partial charge in [0.25, 0.3) is 5.91 Å². The van der Waals surface area contributed by atoms with E-state index in [-0.39, 0.29) is 23.9 Å². The highest BCUT2D eigenvalue weighted by atomic mass is 79.9. The van der Waals surface area contributed by atoms with Crippen LogP contribution in [-0.2, 0) is 4.79 Å². The van der Waals surface area contributed by atoms with E-state index in [4.69, 9.17) is 0 Å². The lowest BCUT2D eigenvalue weighted by atomic mass is 10.2. The van der Waals surface area contributed by atoms with Gasteiger partial charge in [0, 0.05) is 25.7 Å². The van der Waals surface area contributed by atoms with E-state index in [1.807, 2.05) is 0 Å². The van der Waals surface area contributed by atoms with E-state index in [1.165, 1.54) is 17.0 Å². The number of halogens is 2. The van der Waals surface area contributed by atoms with E-state index in [1.54, 1.807) is 18.0 Å². The molecular weight excluding hydrogens is 315 g/mol. The lowest BCUT2D eigenvalue weighted by molar-refractivity contribution is -0.129. The molecule has 0 aromatic heterocycles. The molecule has 0 unspecified atom stereocenters. The normalized spacial score (nSPS) is 16.5. The van der Waals surface area contributed by atoms with Crippen LogP contribution in [0.15, 0.2) is 22.7 Å². The minimum Gasteiger partial charge on any atom is -0.344 e. The first kappa shape index (κ1) is 14.0. The molecule has 6 heteroatoms. The average Bonchev–Trinajstić information content (AvgIpc) is 2.55. The second-order valence-corrected chi connectivity index (χ2v) is 5.38. The van der Waals surface area contributed by atoms with Crippen molar-refractivity contribution in [2.75, 3.05) is 26.7 Å². The van der Waals surface area contributed by atoms with Gasteiger partial charge in [-0.05, 0) is 40.5 Å². The lowest BCUT2D eigenvalue weighted by Crippen LogP contribution is -2.38. The van der Waals surface area contributed by atoms with Crippen molar-refractivity contribution < 1.29 is 14.0 Å². The number of carbonyl (C=O) groups is 2. The molecule has 102 valence electrons. The van der Waals surface area contributed by atoms with Crippen LogP contribution in [0.2, 0.25) is 0 Å². The number of hydrogen-bond donors (Lipinski definition) is 0. The Balaban J connectivity index is 2.18. The summed E-state index contributed by atoms with van der Waals surface area (Å²) in [5.74, 6) is -0.886. The molecule has 0 aliphatic carbocycles. The van der Waals surface area contributed by atoms with E-state index in [9.17, 15) is 14.0 Å². The summed E-state index contributed by atoms with van der Waals surface area (Å²) in [6.45, 7) is 1.19. The Morgan fingerprint density at radius 3 is 2.79 bits per heavy atom. The third-order valence-corrected chi connectivity index (χ3v) is 3.77. The maximum atomic E-state index is 13.4. The van der Waals surface area contributed by atoms with Crippen LogP contribution in [0, 0.1) is 5.82 Å². The van der Waals surface area contributed by atoms with Gasteiger partial charge in [-0.2, -0.15) is 0 Å². The maximum absolute atomic E-state index is 13.4. The Hall–Kier alpha value is -1.43. The number of rotatable bonds is 1. The van der Waals surface area contributed by atoms with Gasteiger partial charge in [-0.25, -0.2) is 4.39 Å². The molecule has 1 aliphatic heterocycles. The molecule has 0 radical (unpaired) electrons. The van der Waals surface area contributed by atoms with Crippen molar-refractivity contribution in [3.05, 3.63) is 34.1 Å². The summed E-state index contributed by atoms with van der Waals surface area (Å²) >= 11 is 3.04. The highest BCUT2D eigenvalue weighted by molar-refractivity contribution is 9.10. The fraction of sp³-hybridized carbons (Fsp3) is 0.385. The minimum absolute atomic E-state index is 0.0486. The van der Waals surface area contributed by atoms with Gasteiger partial charge in [0.15, 0.2) is 0 Å². The van der Waals surface area contributed by atoms with Gasteiger partial charge in [-0.3, -0.25) is 9.59 Å². The van der Waals surface area contributed by atoms with Crippen LogP contribution >= 0.6 is 15.9 Å². The van der Waals surface area contributed by atoms with Crippen LogP contribution in [-0.4, -0.2) is 48.3 Å². The van der Waals surface area contributed by atoms with Crippen molar-refractivity contribution in [2.45, 2.75) is 6.42 Å². The zero-order valence-corrected chi connectivity index (χ0v) is 12.1. The van der Waals surface area contributed by atoms with Gasteiger partial charge >= 0.3 is 0 Å². The van der Waals surface area contributed by atoms with Gasteiger partial charge in [-0.15, -0.1) is 0 Å². The molecule has 0 spiro atoms. The van der Waals surface area contributed by atoms with Gasteiger partial charge in [0.05, 0.1) is 4.47 Å². The highest BCUT2D eigenvalue weighted by Gasteiger charge is 2.24. The molecular formula is C13H14BrFN2O2. The molecule has 1 aromatic rings. The second kappa shape index (κ2) is 5.69. The van der Waals surface area contributed by atoms with Crippen LogP contribution in [0.25, 0.3) is 0 Å². The monoisotopic (exact) mass is 328 g/mol. The molecule has 2 rings (SSSR count). The molecule has 0 bridgehead atoms. The molecule has 4 nitrogen and oxygen atoms in total. The van der Waals surface area contributed by atoms with Gasteiger partial charge < -0.3 is 9.80 Å². The van der Waals surface area contributed by atoms with E-state index in [0.717, 1.165) is 6.42 Å². The first-order valence-electron chi connectivity index (χ1n) is 5.97. The number of likely N-dealkylation sites (N-methyl/N-ethyl adjacent to an activating group) is 1. The second-order valence-electron chi connectivity index (χ2n) is 4.52. The Morgan fingerprint density at radius 2 is 2.11 bits per heavy atom. The van der Waals surface area contributed by atoms with Crippen molar-refractivity contribution in [1.82, 2.24) is 9.80 Å². The molecule has 1 aliphatic rings. The predicted octanol–water partition coefficient (Wildman–Crippen LogP) is 1.89. The molecule has 1 aromatic carbocycles. The molecule has 1 saturated heterocycles. The predicted molar refractivity (Wildman–Crippen MR) is 72.3 cm³/mol. The standard InChI is InChI=1S/C13H14BrFN2O2/c1-16-5-2-6-17(8-12(16)18)13(19)9-3-4-10(14)11(15)7-9/h3-4,7H,2,5-6,8H2,1H3. The zero-order valence-electron chi connectivity index (χ0n) is 10.5. The van der Waals surface area contributed by atoms with Crippen molar-refractivity contribution in [3.8, 4) is 0 Å². The fourth-order valence-electron chi connectivity index (χ4n) is 1.97. The Bertz CT molecular complexity index is 521. The van der Waals surface area contributed by atoms with Crippen LogP contribution in [0.5, 0.6) is 0 Å². The SMILES string of the molecule is CN1CCCN(C(=O)c2ccc(Br)c(F)c2)CC1=O. The summed E-state index contributed by atoms with van der Waals surface area (Å²) in [4.78, 5) is 27.0. The van der Waals surface area contributed by atoms with Gasteiger partial charge in [0.2, 0.25) is 5.91 Å². The molecule has 1 fully saturated rings. The van der Waals surface area contributed by atoms with Crippen molar-refractivity contribution in [1.29, 1.82) is 0 Å². The molecule has 0 atom stereocenters. The summed E-state index contributed by atoms with van der Waals surface area (Å²) in [6, 6.07) is 4.23. The maximum Gasteiger partial charge on any atom is 0.254 e. The van der Waals surface area contributed by atoms with Crippen molar-refractivity contribution in [2.24, 2.45) is 0 Å². The van der Waals surface area contributed by atoms with Crippen LogP contribution < -0.4 is 0 Å². The quantitative estimate of drug-likeness (QED) is 0.790. The average molecular weight is 329 g/mol. The number of carbonyl (C=O) groups excluding carboxylic acids is 2. The summed E-state index contributed by atoms with van der Waals surface area (Å²) in [7, 11) is 1.72. The van der Waals surface area contributed by atoms with Crippen LogP contribution in [0.4, 0.5) is 4.39 Å². The summed E-state index contributed by atoms with van der Waals surface area (Å²) in [5.41, 5.74) is 0.262. The first-order chi connectivity index (χ1) is 8.99. The number of hydrogen-bond acceptors (Lipinski definition) is 2. The molecule has 19 heavy (non-hydrogen) atoms. The Labute approximate surface area is 119 Å². The van der Waals surface area contributed by atoms with Gasteiger partial charge in [0.1, 0.15) is 12.4 Å². The highest BCUT2D eigenvalue weighted by Crippen LogP contribution is 2.18. The molecule has 2 amide bonds. The largest absolute Gasteiger partial charge is 0.344 e. The van der Waals surface area contributed by atoms with Crippen molar-refractivity contribution >= 4 is 27.7 Å². The first-order valence-corrected chi connectivity index (χ1v) is 6.76. The molecule has 0 N–H and O–H groups in total. The Kier molecular flexibility index (Phi) is 4.19. The number of amides is 2. The zero-order chi connectivity index (χ0) is 14.0. The fourth-order valence-corrected chi connectivity index (χ4v) is 2.22. The topological polar surface area (TPSA) is 40.6 Å². The molecule has 1 heterocycles. The summed E-state index contributed by atoms with van der Waals surface area (Å²) in [6.07, 6.45) is 0.729. The van der Waals surface area contributed by atoms with Crippen LogP contribution in [0.3, 0.4) is 0 Å². The Morgan fingerprint density at radius 1 is 1.37 bits per heavy atom. The van der Waals surface area contributed by atoms with Crippen LogP contribution in [0.1, 0.15) is 16.8 Å².